The molecule has 3 N–H and O–H groups in total. The molecule has 0 saturated heterocycles. The third kappa shape index (κ3) is 5.04. The third-order valence-corrected chi connectivity index (χ3v) is 4.13. The minimum atomic E-state index is -0.390. The minimum Gasteiger partial charge on any atom is -0.350 e. The smallest absolute Gasteiger partial charge is 0.315 e. The molecular formula is C19H20FN3O2. The molecule has 2 aromatic rings. The quantitative estimate of drug-likeness (QED) is 0.754. The summed E-state index contributed by atoms with van der Waals surface area (Å²) in [6.45, 7) is 0.337. The topological polar surface area (TPSA) is 70.2 Å². The van der Waals surface area contributed by atoms with Crippen LogP contribution in [0.4, 0.5) is 9.18 Å². The lowest BCUT2D eigenvalue weighted by Crippen LogP contribution is -2.42. The van der Waals surface area contributed by atoms with E-state index in [9.17, 15) is 14.0 Å². The zero-order chi connectivity index (χ0) is 17.6. The maximum absolute atomic E-state index is 13.2. The van der Waals surface area contributed by atoms with Crippen LogP contribution in [0.25, 0.3) is 0 Å². The Kier molecular flexibility index (Phi) is 5.28. The summed E-state index contributed by atoms with van der Waals surface area (Å²) < 4.78 is 13.2. The normalized spacial score (nSPS) is 18.3. The minimum absolute atomic E-state index is 0.0193. The van der Waals surface area contributed by atoms with Gasteiger partial charge in [0, 0.05) is 18.5 Å². The Morgan fingerprint density at radius 3 is 2.60 bits per heavy atom. The van der Waals surface area contributed by atoms with Crippen LogP contribution in [-0.4, -0.2) is 24.5 Å². The summed E-state index contributed by atoms with van der Waals surface area (Å²) in [7, 11) is 0. The summed E-state index contributed by atoms with van der Waals surface area (Å²) in [5, 5.41) is 8.08. The van der Waals surface area contributed by atoms with E-state index >= 15 is 0 Å². The molecule has 3 rings (SSSR count). The first-order valence-electron chi connectivity index (χ1n) is 8.22. The zero-order valence-electron chi connectivity index (χ0n) is 13.7. The van der Waals surface area contributed by atoms with Gasteiger partial charge in [0.25, 0.3) is 0 Å². The van der Waals surface area contributed by atoms with Crippen LogP contribution in [0.2, 0.25) is 0 Å². The van der Waals surface area contributed by atoms with Crippen molar-refractivity contribution in [2.75, 3.05) is 6.54 Å². The lowest BCUT2D eigenvalue weighted by Gasteiger charge is -2.08. The molecule has 0 bridgehead atoms. The van der Waals surface area contributed by atoms with Gasteiger partial charge < -0.3 is 16.0 Å². The van der Waals surface area contributed by atoms with Crippen LogP contribution >= 0.6 is 0 Å². The largest absolute Gasteiger partial charge is 0.350 e. The summed E-state index contributed by atoms with van der Waals surface area (Å²) in [4.78, 5) is 23.6. The predicted molar refractivity (Wildman–Crippen MR) is 92.4 cm³/mol. The molecule has 5 nitrogen and oxygen atoms in total. The highest BCUT2D eigenvalue weighted by atomic mass is 19.1. The molecular weight excluding hydrogens is 321 g/mol. The SMILES string of the molecule is O=C(CNC(=O)N[C@@H]1C[C@@H]1c1cccc(F)c1)NCc1ccccc1. The molecule has 1 fully saturated rings. The zero-order valence-corrected chi connectivity index (χ0v) is 13.7. The molecule has 1 aliphatic carbocycles. The van der Waals surface area contributed by atoms with E-state index in [-0.39, 0.29) is 30.2 Å². The van der Waals surface area contributed by atoms with E-state index in [0.717, 1.165) is 17.5 Å². The molecule has 1 saturated carbocycles. The van der Waals surface area contributed by atoms with Crippen molar-refractivity contribution >= 4 is 11.9 Å². The molecule has 6 heteroatoms. The Bertz CT molecular complexity index is 751. The molecule has 3 amide bonds. The van der Waals surface area contributed by atoms with Crippen LogP contribution in [0.3, 0.4) is 0 Å². The fourth-order valence-corrected chi connectivity index (χ4v) is 2.70. The summed E-state index contributed by atoms with van der Waals surface area (Å²) >= 11 is 0. The van der Waals surface area contributed by atoms with E-state index in [4.69, 9.17) is 0 Å². The number of halogens is 1. The Balaban J connectivity index is 1.35. The second kappa shape index (κ2) is 7.79. The third-order valence-electron chi connectivity index (χ3n) is 4.13. The first kappa shape index (κ1) is 17.0. The van der Waals surface area contributed by atoms with Gasteiger partial charge in [-0.15, -0.1) is 0 Å². The Hall–Kier alpha value is -2.89. The fourth-order valence-electron chi connectivity index (χ4n) is 2.70. The Morgan fingerprint density at radius 2 is 1.84 bits per heavy atom. The van der Waals surface area contributed by atoms with Gasteiger partial charge in [-0.05, 0) is 29.7 Å². The number of carbonyl (C=O) groups excluding carboxylic acids is 2. The van der Waals surface area contributed by atoms with Crippen LogP contribution in [-0.2, 0) is 11.3 Å². The number of rotatable bonds is 6. The fraction of sp³-hybridized carbons (Fsp3) is 0.263. The van der Waals surface area contributed by atoms with E-state index < -0.39 is 6.03 Å². The van der Waals surface area contributed by atoms with Crippen LogP contribution in [0.15, 0.2) is 54.6 Å². The van der Waals surface area contributed by atoms with Crippen LogP contribution in [0.5, 0.6) is 0 Å². The van der Waals surface area contributed by atoms with Crippen LogP contribution in [0.1, 0.15) is 23.5 Å². The second-order valence-electron chi connectivity index (χ2n) is 6.09. The van der Waals surface area contributed by atoms with Crippen molar-refractivity contribution in [3.8, 4) is 0 Å². The van der Waals surface area contributed by atoms with Crippen molar-refractivity contribution in [1.29, 1.82) is 0 Å². The van der Waals surface area contributed by atoms with Gasteiger partial charge in [0.2, 0.25) is 5.91 Å². The van der Waals surface area contributed by atoms with Crippen molar-refractivity contribution in [3.05, 3.63) is 71.5 Å². The molecule has 25 heavy (non-hydrogen) atoms. The highest BCUT2D eigenvalue weighted by Crippen LogP contribution is 2.40. The van der Waals surface area contributed by atoms with E-state index in [1.807, 2.05) is 36.4 Å². The van der Waals surface area contributed by atoms with E-state index in [0.29, 0.717) is 6.54 Å². The van der Waals surface area contributed by atoms with Gasteiger partial charge in [-0.3, -0.25) is 4.79 Å². The number of amides is 3. The maximum atomic E-state index is 13.2. The van der Waals surface area contributed by atoms with Gasteiger partial charge in [0.15, 0.2) is 0 Å². The maximum Gasteiger partial charge on any atom is 0.315 e. The van der Waals surface area contributed by atoms with Gasteiger partial charge in [0.1, 0.15) is 5.82 Å². The molecule has 1 aliphatic rings. The number of hydrogen-bond acceptors (Lipinski definition) is 2. The number of benzene rings is 2. The van der Waals surface area contributed by atoms with Crippen molar-refractivity contribution in [2.24, 2.45) is 0 Å². The van der Waals surface area contributed by atoms with Crippen molar-refractivity contribution in [1.82, 2.24) is 16.0 Å². The molecule has 2 atom stereocenters. The van der Waals surface area contributed by atoms with Crippen LogP contribution < -0.4 is 16.0 Å². The Morgan fingerprint density at radius 1 is 1.04 bits per heavy atom. The molecule has 0 spiro atoms. The number of carbonyl (C=O) groups is 2. The van der Waals surface area contributed by atoms with Gasteiger partial charge in [-0.25, -0.2) is 9.18 Å². The van der Waals surface area contributed by atoms with Gasteiger partial charge >= 0.3 is 6.03 Å². The molecule has 2 aromatic carbocycles. The molecule has 0 radical (unpaired) electrons. The Labute approximate surface area is 145 Å². The average Bonchev–Trinajstić information content (AvgIpc) is 3.38. The van der Waals surface area contributed by atoms with Crippen molar-refractivity contribution in [3.63, 3.8) is 0 Å². The molecule has 130 valence electrons. The monoisotopic (exact) mass is 341 g/mol. The van der Waals surface area contributed by atoms with Crippen molar-refractivity contribution < 1.29 is 14.0 Å². The summed E-state index contributed by atoms with van der Waals surface area (Å²) in [6, 6.07) is 15.5. The molecule has 0 heterocycles. The first-order valence-corrected chi connectivity index (χ1v) is 8.22. The lowest BCUT2D eigenvalue weighted by molar-refractivity contribution is -0.120. The van der Waals surface area contributed by atoms with E-state index in [2.05, 4.69) is 16.0 Å². The molecule has 0 aliphatic heterocycles. The average molecular weight is 341 g/mol. The number of urea groups is 1. The summed E-state index contributed by atoms with van der Waals surface area (Å²) in [6.07, 6.45) is 0.775. The molecule has 0 aromatic heterocycles. The highest BCUT2D eigenvalue weighted by molar-refractivity contribution is 5.84. The van der Waals surface area contributed by atoms with E-state index in [1.54, 1.807) is 6.07 Å². The second-order valence-corrected chi connectivity index (χ2v) is 6.09. The van der Waals surface area contributed by atoms with Crippen molar-refractivity contribution in [2.45, 2.75) is 24.9 Å². The van der Waals surface area contributed by atoms with Gasteiger partial charge in [-0.1, -0.05) is 42.5 Å². The number of nitrogens with one attached hydrogen (secondary N) is 3. The predicted octanol–water partition coefficient (Wildman–Crippen LogP) is 2.30. The summed E-state index contributed by atoms with van der Waals surface area (Å²) in [5.41, 5.74) is 1.88. The first-order chi connectivity index (χ1) is 12.1. The van der Waals surface area contributed by atoms with Gasteiger partial charge in [-0.2, -0.15) is 0 Å². The highest BCUT2D eigenvalue weighted by Gasteiger charge is 2.39. The molecule has 0 unspecified atom stereocenters. The van der Waals surface area contributed by atoms with Crippen LogP contribution in [0, 0.1) is 5.82 Å². The number of hydrogen-bond donors (Lipinski definition) is 3. The van der Waals surface area contributed by atoms with E-state index in [1.165, 1.54) is 12.1 Å². The lowest BCUT2D eigenvalue weighted by atomic mass is 10.1. The summed E-state index contributed by atoms with van der Waals surface area (Å²) in [5.74, 6) is -0.396. The van der Waals surface area contributed by atoms with Gasteiger partial charge in [0.05, 0.1) is 6.54 Å². The standard InChI is InChI=1S/C19H20FN3O2/c20-15-8-4-7-14(9-15)16-10-17(16)23-19(25)22-12-18(24)21-11-13-5-2-1-3-6-13/h1-9,16-17H,10-12H2,(H,21,24)(H2,22,23,25)/t16-,17-/m1/s1.